The van der Waals surface area contributed by atoms with Gasteiger partial charge >= 0.3 is 0 Å². The van der Waals surface area contributed by atoms with Crippen LogP contribution in [0.5, 0.6) is 0 Å². The number of likely N-dealkylation sites (tertiary alicyclic amines) is 1. The first-order valence-corrected chi connectivity index (χ1v) is 8.14. The first-order valence-electron chi connectivity index (χ1n) is 7.77. The molecule has 1 aliphatic heterocycles. The van der Waals surface area contributed by atoms with Gasteiger partial charge in [0.15, 0.2) is 0 Å². The molecule has 2 nitrogen and oxygen atoms in total. The highest BCUT2D eigenvalue weighted by Gasteiger charge is 2.31. The van der Waals surface area contributed by atoms with Gasteiger partial charge in [-0.1, -0.05) is 30.7 Å². The van der Waals surface area contributed by atoms with Gasteiger partial charge in [-0.2, -0.15) is 0 Å². The van der Waals surface area contributed by atoms with Gasteiger partial charge in [-0.3, -0.25) is 4.90 Å². The van der Waals surface area contributed by atoms with Crippen molar-refractivity contribution in [2.75, 3.05) is 19.6 Å². The molecular formula is C17H27ClN2. The molecule has 112 valence electrons. The summed E-state index contributed by atoms with van der Waals surface area (Å²) in [7, 11) is 0. The van der Waals surface area contributed by atoms with Gasteiger partial charge < -0.3 is 5.32 Å². The van der Waals surface area contributed by atoms with Crippen molar-refractivity contribution in [1.29, 1.82) is 0 Å². The van der Waals surface area contributed by atoms with E-state index in [0.29, 0.717) is 11.6 Å². The lowest BCUT2D eigenvalue weighted by Crippen LogP contribution is -2.40. The quantitative estimate of drug-likeness (QED) is 0.843. The highest BCUT2D eigenvalue weighted by atomic mass is 35.5. The molecule has 0 amide bonds. The van der Waals surface area contributed by atoms with Gasteiger partial charge in [0.05, 0.1) is 0 Å². The number of rotatable bonds is 6. The average Bonchev–Trinajstić information content (AvgIpc) is 2.73. The topological polar surface area (TPSA) is 15.3 Å². The Labute approximate surface area is 128 Å². The van der Waals surface area contributed by atoms with Crippen molar-refractivity contribution in [2.24, 2.45) is 0 Å². The maximum atomic E-state index is 6.12. The monoisotopic (exact) mass is 294 g/mol. The van der Waals surface area contributed by atoms with Crippen LogP contribution in [0, 0.1) is 0 Å². The second-order valence-corrected chi connectivity index (χ2v) is 6.79. The predicted octanol–water partition coefficient (Wildman–Crippen LogP) is 4.26. The highest BCUT2D eigenvalue weighted by molar-refractivity contribution is 6.30. The fourth-order valence-corrected chi connectivity index (χ4v) is 3.42. The third kappa shape index (κ3) is 3.97. The molecule has 1 atom stereocenters. The second-order valence-electron chi connectivity index (χ2n) is 6.36. The summed E-state index contributed by atoms with van der Waals surface area (Å²) in [5.74, 6) is 0. The minimum atomic E-state index is 0.366. The molecule has 1 fully saturated rings. The maximum absolute atomic E-state index is 6.12. The van der Waals surface area contributed by atoms with E-state index in [1.165, 1.54) is 24.9 Å². The Kier molecular flexibility index (Phi) is 5.48. The normalized spacial score (nSPS) is 20.2. The van der Waals surface area contributed by atoms with Crippen molar-refractivity contribution < 1.29 is 0 Å². The predicted molar refractivity (Wildman–Crippen MR) is 87.4 cm³/mol. The van der Waals surface area contributed by atoms with E-state index in [9.17, 15) is 0 Å². The van der Waals surface area contributed by atoms with Crippen LogP contribution in [0.4, 0.5) is 0 Å². The summed E-state index contributed by atoms with van der Waals surface area (Å²) in [5.41, 5.74) is 1.67. The number of halogens is 1. The Morgan fingerprint density at radius 1 is 1.40 bits per heavy atom. The number of hydrogen-bond acceptors (Lipinski definition) is 2. The van der Waals surface area contributed by atoms with Gasteiger partial charge in [0.25, 0.3) is 0 Å². The van der Waals surface area contributed by atoms with Crippen molar-refractivity contribution in [3.05, 3.63) is 34.9 Å². The SMILES string of the molecule is CCNC(CCN1CCCC1(C)C)c1cccc(Cl)c1. The Morgan fingerprint density at radius 3 is 2.80 bits per heavy atom. The summed E-state index contributed by atoms with van der Waals surface area (Å²) in [6, 6.07) is 8.65. The maximum Gasteiger partial charge on any atom is 0.0409 e. The van der Waals surface area contributed by atoms with Crippen molar-refractivity contribution in [2.45, 2.75) is 51.6 Å². The number of nitrogens with zero attached hydrogens (tertiary/aromatic N) is 1. The van der Waals surface area contributed by atoms with Crippen molar-refractivity contribution in [3.63, 3.8) is 0 Å². The Bertz CT molecular complexity index is 431. The molecule has 0 aromatic heterocycles. The van der Waals surface area contributed by atoms with Gasteiger partial charge in [0, 0.05) is 23.1 Å². The molecule has 0 aliphatic carbocycles. The minimum Gasteiger partial charge on any atom is -0.310 e. The van der Waals surface area contributed by atoms with E-state index in [-0.39, 0.29) is 0 Å². The first kappa shape index (κ1) is 15.8. The summed E-state index contributed by atoms with van der Waals surface area (Å²) in [6.07, 6.45) is 3.78. The van der Waals surface area contributed by atoms with Crippen LogP contribution in [-0.2, 0) is 0 Å². The van der Waals surface area contributed by atoms with Crippen LogP contribution in [0.2, 0.25) is 5.02 Å². The molecule has 1 saturated heterocycles. The smallest absolute Gasteiger partial charge is 0.0409 e. The zero-order valence-electron chi connectivity index (χ0n) is 13.0. The lowest BCUT2D eigenvalue weighted by molar-refractivity contribution is 0.166. The van der Waals surface area contributed by atoms with Crippen LogP contribution >= 0.6 is 11.6 Å². The van der Waals surface area contributed by atoms with Crippen LogP contribution in [0.3, 0.4) is 0 Å². The molecule has 1 aliphatic rings. The number of nitrogens with one attached hydrogen (secondary N) is 1. The van der Waals surface area contributed by atoms with Crippen molar-refractivity contribution >= 4 is 11.6 Å². The summed E-state index contributed by atoms with van der Waals surface area (Å²) >= 11 is 6.12. The summed E-state index contributed by atoms with van der Waals surface area (Å²) in [4.78, 5) is 2.63. The van der Waals surface area contributed by atoms with Gasteiger partial charge in [-0.05, 0) is 63.9 Å². The fourth-order valence-electron chi connectivity index (χ4n) is 3.22. The number of benzene rings is 1. The van der Waals surface area contributed by atoms with Gasteiger partial charge in [0.2, 0.25) is 0 Å². The molecule has 1 N–H and O–H groups in total. The zero-order chi connectivity index (χ0) is 14.6. The third-order valence-corrected chi connectivity index (χ3v) is 4.70. The van der Waals surface area contributed by atoms with E-state index in [1.54, 1.807) is 0 Å². The molecule has 20 heavy (non-hydrogen) atoms. The molecule has 1 unspecified atom stereocenters. The summed E-state index contributed by atoms with van der Waals surface area (Å²) in [6.45, 7) is 10.3. The second kappa shape index (κ2) is 6.93. The van der Waals surface area contributed by atoms with Gasteiger partial charge in [-0.15, -0.1) is 0 Å². The number of hydrogen-bond donors (Lipinski definition) is 1. The highest BCUT2D eigenvalue weighted by Crippen LogP contribution is 2.29. The standard InChI is InChI=1S/C17H27ClN2/c1-4-19-16(14-7-5-8-15(18)13-14)9-12-20-11-6-10-17(20,2)3/h5,7-8,13,16,19H,4,6,9-12H2,1-3H3. The lowest BCUT2D eigenvalue weighted by atomic mass is 10.00. The minimum absolute atomic E-state index is 0.366. The van der Waals surface area contributed by atoms with E-state index in [1.807, 2.05) is 12.1 Å². The molecule has 2 rings (SSSR count). The van der Waals surface area contributed by atoms with Crippen LogP contribution < -0.4 is 5.32 Å². The Hall–Kier alpha value is -0.570. The van der Waals surface area contributed by atoms with Crippen molar-refractivity contribution in [1.82, 2.24) is 10.2 Å². The lowest BCUT2D eigenvalue weighted by Gasteiger charge is -2.33. The molecule has 0 spiro atoms. The zero-order valence-corrected chi connectivity index (χ0v) is 13.7. The molecule has 0 radical (unpaired) electrons. The molecule has 0 bridgehead atoms. The molecule has 1 heterocycles. The van der Waals surface area contributed by atoms with E-state index in [0.717, 1.165) is 24.5 Å². The Balaban J connectivity index is 1.99. The summed E-state index contributed by atoms with van der Waals surface area (Å²) in [5, 5.41) is 4.42. The third-order valence-electron chi connectivity index (χ3n) is 4.46. The molecule has 3 heteroatoms. The van der Waals surface area contributed by atoms with E-state index in [2.05, 4.69) is 43.1 Å². The fraction of sp³-hybridized carbons (Fsp3) is 0.647. The van der Waals surface area contributed by atoms with Crippen LogP contribution in [0.1, 0.15) is 51.6 Å². The van der Waals surface area contributed by atoms with Crippen LogP contribution in [-0.4, -0.2) is 30.1 Å². The Morgan fingerprint density at radius 2 is 2.20 bits per heavy atom. The van der Waals surface area contributed by atoms with Crippen LogP contribution in [0.25, 0.3) is 0 Å². The van der Waals surface area contributed by atoms with Crippen molar-refractivity contribution in [3.8, 4) is 0 Å². The first-order chi connectivity index (χ1) is 9.53. The van der Waals surface area contributed by atoms with Gasteiger partial charge in [0.1, 0.15) is 0 Å². The van der Waals surface area contributed by atoms with E-state index in [4.69, 9.17) is 11.6 Å². The molecule has 1 aromatic rings. The average molecular weight is 295 g/mol. The van der Waals surface area contributed by atoms with E-state index < -0.39 is 0 Å². The largest absolute Gasteiger partial charge is 0.310 e. The molecule has 0 saturated carbocycles. The van der Waals surface area contributed by atoms with Crippen LogP contribution in [0.15, 0.2) is 24.3 Å². The molecular weight excluding hydrogens is 268 g/mol. The summed E-state index contributed by atoms with van der Waals surface area (Å²) < 4.78 is 0. The van der Waals surface area contributed by atoms with Gasteiger partial charge in [-0.25, -0.2) is 0 Å². The van der Waals surface area contributed by atoms with E-state index >= 15 is 0 Å². The molecule has 1 aromatic carbocycles.